The number of carbonyl (C=O) groups excluding carboxylic acids is 1. The molecule has 128 valence electrons. The summed E-state index contributed by atoms with van der Waals surface area (Å²) in [6.45, 7) is 3.37. The second-order valence-electron chi connectivity index (χ2n) is 5.66. The summed E-state index contributed by atoms with van der Waals surface area (Å²) < 4.78 is 26.2. The summed E-state index contributed by atoms with van der Waals surface area (Å²) in [5, 5.41) is 11.3. The van der Waals surface area contributed by atoms with Crippen molar-refractivity contribution in [3.63, 3.8) is 0 Å². The summed E-state index contributed by atoms with van der Waals surface area (Å²) in [5.74, 6) is -1.29. The predicted octanol–water partition coefficient (Wildman–Crippen LogP) is 0.510. The highest BCUT2D eigenvalue weighted by molar-refractivity contribution is 7.89. The lowest BCUT2D eigenvalue weighted by Crippen LogP contribution is -2.44. The molecule has 9 heteroatoms. The van der Waals surface area contributed by atoms with Gasteiger partial charge in [0.05, 0.1) is 0 Å². The third kappa shape index (κ3) is 7.20. The van der Waals surface area contributed by atoms with Gasteiger partial charge in [-0.2, -0.15) is 0 Å². The van der Waals surface area contributed by atoms with Crippen molar-refractivity contribution in [3.8, 4) is 0 Å². The summed E-state index contributed by atoms with van der Waals surface area (Å²) >= 11 is 0. The number of aliphatic carboxylic acids is 1. The second-order valence-corrected chi connectivity index (χ2v) is 7.43. The third-order valence-corrected chi connectivity index (χ3v) is 4.48. The van der Waals surface area contributed by atoms with E-state index in [0.29, 0.717) is 0 Å². The minimum absolute atomic E-state index is 0.0298. The zero-order chi connectivity index (χ0) is 17.5. The molecule has 1 rings (SSSR count). The maximum absolute atomic E-state index is 11.9. The Labute approximate surface area is 135 Å². The number of rotatable bonds is 9. The van der Waals surface area contributed by atoms with Gasteiger partial charge in [0.1, 0.15) is 4.90 Å². The molecule has 3 N–H and O–H groups in total. The largest absolute Gasteiger partial charge is 0.481 e. The van der Waals surface area contributed by atoms with Gasteiger partial charge < -0.3 is 10.4 Å². The van der Waals surface area contributed by atoms with E-state index in [1.165, 1.54) is 24.5 Å². The molecule has 0 spiro atoms. The third-order valence-electron chi connectivity index (χ3n) is 3.03. The number of nitrogens with one attached hydrogen (secondary N) is 2. The summed E-state index contributed by atoms with van der Waals surface area (Å²) in [4.78, 5) is 26.1. The van der Waals surface area contributed by atoms with Crippen LogP contribution in [0.25, 0.3) is 0 Å². The van der Waals surface area contributed by atoms with Gasteiger partial charge in [0.15, 0.2) is 0 Å². The standard InChI is InChI=1S/C14H21N3O5S/c1-14(2,7-5-13(19)20)17-12(18)6-9-16-23(21,22)11-4-3-8-15-10-11/h3-4,8,10,16H,5-7,9H2,1-2H3,(H,17,18)(H,19,20). The Hall–Kier alpha value is -2.00. The van der Waals surface area contributed by atoms with Gasteiger partial charge in [0.25, 0.3) is 0 Å². The van der Waals surface area contributed by atoms with Crippen molar-refractivity contribution in [1.82, 2.24) is 15.0 Å². The van der Waals surface area contributed by atoms with Crippen LogP contribution in [-0.2, 0) is 19.6 Å². The molecular weight excluding hydrogens is 322 g/mol. The molecule has 1 aromatic heterocycles. The van der Waals surface area contributed by atoms with Gasteiger partial charge >= 0.3 is 5.97 Å². The molecular formula is C14H21N3O5S. The maximum atomic E-state index is 11.9. The van der Waals surface area contributed by atoms with Crippen molar-refractivity contribution in [3.05, 3.63) is 24.5 Å². The number of carboxylic acid groups (broad SMARTS) is 1. The lowest BCUT2D eigenvalue weighted by molar-refractivity contribution is -0.137. The highest BCUT2D eigenvalue weighted by Gasteiger charge is 2.21. The van der Waals surface area contributed by atoms with E-state index in [2.05, 4.69) is 15.0 Å². The monoisotopic (exact) mass is 343 g/mol. The molecule has 23 heavy (non-hydrogen) atoms. The first-order valence-electron chi connectivity index (χ1n) is 7.05. The number of sulfonamides is 1. The number of nitrogens with zero attached hydrogens (tertiary/aromatic N) is 1. The fourth-order valence-corrected chi connectivity index (χ4v) is 2.80. The number of hydrogen-bond donors (Lipinski definition) is 3. The van der Waals surface area contributed by atoms with Crippen molar-refractivity contribution in [2.75, 3.05) is 6.54 Å². The molecule has 8 nitrogen and oxygen atoms in total. The van der Waals surface area contributed by atoms with Crippen molar-refractivity contribution in [2.45, 2.75) is 43.5 Å². The Morgan fingerprint density at radius 3 is 2.57 bits per heavy atom. The Morgan fingerprint density at radius 2 is 2.00 bits per heavy atom. The first-order chi connectivity index (χ1) is 10.6. The van der Waals surface area contributed by atoms with E-state index < -0.39 is 21.5 Å². The molecule has 0 radical (unpaired) electrons. The van der Waals surface area contributed by atoms with Gasteiger partial charge in [-0.1, -0.05) is 0 Å². The van der Waals surface area contributed by atoms with Crippen LogP contribution >= 0.6 is 0 Å². The summed E-state index contributed by atoms with van der Waals surface area (Å²) in [6.07, 6.45) is 2.87. The molecule has 0 aliphatic heterocycles. The fraction of sp³-hybridized carbons (Fsp3) is 0.500. The minimum Gasteiger partial charge on any atom is -0.481 e. The molecule has 0 aliphatic rings. The minimum atomic E-state index is -3.69. The van der Waals surface area contributed by atoms with Crippen molar-refractivity contribution in [1.29, 1.82) is 0 Å². The van der Waals surface area contributed by atoms with Crippen LogP contribution in [-0.4, -0.2) is 42.5 Å². The van der Waals surface area contributed by atoms with Crippen LogP contribution in [0.2, 0.25) is 0 Å². The first-order valence-corrected chi connectivity index (χ1v) is 8.53. The van der Waals surface area contributed by atoms with Crippen LogP contribution in [0.3, 0.4) is 0 Å². The average Bonchev–Trinajstić information content (AvgIpc) is 2.45. The first kappa shape index (κ1) is 19.0. The second kappa shape index (κ2) is 8.02. The van der Waals surface area contributed by atoms with Crippen LogP contribution in [0, 0.1) is 0 Å². The summed E-state index contributed by atoms with van der Waals surface area (Å²) in [5.41, 5.74) is -0.669. The Morgan fingerprint density at radius 1 is 1.30 bits per heavy atom. The predicted molar refractivity (Wildman–Crippen MR) is 83.1 cm³/mol. The molecule has 0 atom stereocenters. The number of carboxylic acids is 1. The van der Waals surface area contributed by atoms with Crippen LogP contribution in [0.1, 0.15) is 33.1 Å². The zero-order valence-corrected chi connectivity index (χ0v) is 13.9. The molecule has 1 amide bonds. The van der Waals surface area contributed by atoms with Gasteiger partial charge in [-0.15, -0.1) is 0 Å². The molecule has 0 bridgehead atoms. The van der Waals surface area contributed by atoms with Gasteiger partial charge in [0.2, 0.25) is 15.9 Å². The van der Waals surface area contributed by atoms with E-state index in [1.807, 2.05) is 0 Å². The van der Waals surface area contributed by atoms with Gasteiger partial charge in [0, 0.05) is 37.3 Å². The van der Waals surface area contributed by atoms with E-state index in [0.717, 1.165) is 0 Å². The highest BCUT2D eigenvalue weighted by atomic mass is 32.2. The van der Waals surface area contributed by atoms with Gasteiger partial charge in [-0.05, 0) is 32.4 Å². The molecule has 0 saturated heterocycles. The number of carbonyl (C=O) groups is 2. The van der Waals surface area contributed by atoms with Gasteiger partial charge in [-0.25, -0.2) is 13.1 Å². The molecule has 0 fully saturated rings. The van der Waals surface area contributed by atoms with Crippen molar-refractivity contribution >= 4 is 21.9 Å². The summed E-state index contributed by atoms with van der Waals surface area (Å²) in [6, 6.07) is 2.91. The van der Waals surface area contributed by atoms with Crippen molar-refractivity contribution < 1.29 is 23.1 Å². The van der Waals surface area contributed by atoms with Crippen LogP contribution in [0.15, 0.2) is 29.4 Å². The lowest BCUT2D eigenvalue weighted by atomic mass is 9.98. The normalized spacial score (nSPS) is 11.9. The van der Waals surface area contributed by atoms with Crippen LogP contribution < -0.4 is 10.0 Å². The van der Waals surface area contributed by atoms with Crippen molar-refractivity contribution in [2.24, 2.45) is 0 Å². The van der Waals surface area contributed by atoms with E-state index in [4.69, 9.17) is 5.11 Å². The molecule has 0 aliphatic carbocycles. The Bertz CT molecular complexity index is 644. The number of hydrogen-bond acceptors (Lipinski definition) is 5. The van der Waals surface area contributed by atoms with Crippen LogP contribution in [0.5, 0.6) is 0 Å². The molecule has 0 aromatic carbocycles. The Balaban J connectivity index is 2.43. The molecule has 0 unspecified atom stereocenters. The van der Waals surface area contributed by atoms with E-state index in [1.54, 1.807) is 13.8 Å². The van der Waals surface area contributed by atoms with Crippen LogP contribution in [0.4, 0.5) is 0 Å². The molecule has 0 saturated carbocycles. The fourth-order valence-electron chi connectivity index (χ4n) is 1.81. The average molecular weight is 343 g/mol. The van der Waals surface area contributed by atoms with E-state index in [-0.39, 0.29) is 36.6 Å². The number of pyridine rings is 1. The number of aromatic nitrogens is 1. The zero-order valence-electron chi connectivity index (χ0n) is 13.1. The topological polar surface area (TPSA) is 125 Å². The smallest absolute Gasteiger partial charge is 0.303 e. The quantitative estimate of drug-likeness (QED) is 0.600. The lowest BCUT2D eigenvalue weighted by Gasteiger charge is -2.25. The Kier molecular flexibility index (Phi) is 6.64. The number of amides is 1. The van der Waals surface area contributed by atoms with Gasteiger partial charge in [-0.3, -0.25) is 14.6 Å². The summed E-state index contributed by atoms with van der Waals surface area (Å²) in [7, 11) is -3.69. The van der Waals surface area contributed by atoms with E-state index in [9.17, 15) is 18.0 Å². The molecule has 1 heterocycles. The molecule has 1 aromatic rings. The maximum Gasteiger partial charge on any atom is 0.303 e. The van der Waals surface area contributed by atoms with E-state index >= 15 is 0 Å². The highest BCUT2D eigenvalue weighted by Crippen LogP contribution is 2.11. The SMILES string of the molecule is CC(C)(CCC(=O)O)NC(=O)CCNS(=O)(=O)c1cccnc1.